The molecule has 1 aliphatic carbocycles. The number of thioether (sulfide) groups is 1. The molecule has 0 amide bonds. The van der Waals surface area contributed by atoms with Gasteiger partial charge in [-0.05, 0) is 44.9 Å². The monoisotopic (exact) mass is 245 g/mol. The van der Waals surface area contributed by atoms with Crippen molar-refractivity contribution < 1.29 is 5.11 Å². The highest BCUT2D eigenvalue weighted by Crippen LogP contribution is 2.31. The zero-order valence-corrected chi connectivity index (χ0v) is 11.8. The molecule has 2 nitrogen and oxygen atoms in total. The lowest BCUT2D eigenvalue weighted by molar-refractivity contribution is 0.174. The van der Waals surface area contributed by atoms with Gasteiger partial charge in [0.25, 0.3) is 0 Å². The summed E-state index contributed by atoms with van der Waals surface area (Å²) in [7, 11) is 1.94. The number of hydrogen-bond donors (Lipinski definition) is 2. The number of nitrogens with one attached hydrogen (secondary N) is 1. The molecule has 0 aromatic carbocycles. The summed E-state index contributed by atoms with van der Waals surface area (Å²) < 4.78 is 0. The van der Waals surface area contributed by atoms with Gasteiger partial charge in [0.2, 0.25) is 0 Å². The number of likely N-dealkylation sites (N-methyl/N-ethyl adjacent to an activating group) is 1. The summed E-state index contributed by atoms with van der Waals surface area (Å²) in [5.74, 6) is 2.27. The van der Waals surface area contributed by atoms with Crippen molar-refractivity contribution in [3.63, 3.8) is 0 Å². The highest BCUT2D eigenvalue weighted by atomic mass is 32.2. The summed E-state index contributed by atoms with van der Waals surface area (Å²) in [6.07, 6.45) is 6.78. The van der Waals surface area contributed by atoms with E-state index in [1.165, 1.54) is 31.4 Å². The lowest BCUT2D eigenvalue weighted by Crippen LogP contribution is -2.45. The van der Waals surface area contributed by atoms with Crippen molar-refractivity contribution in [1.29, 1.82) is 0 Å². The zero-order chi connectivity index (χ0) is 12.0. The van der Waals surface area contributed by atoms with Gasteiger partial charge in [0.15, 0.2) is 0 Å². The highest BCUT2D eigenvalue weighted by molar-refractivity contribution is 7.99. The van der Waals surface area contributed by atoms with E-state index in [-0.39, 0.29) is 12.1 Å². The molecule has 96 valence electrons. The van der Waals surface area contributed by atoms with Crippen LogP contribution in [0.1, 0.15) is 46.0 Å². The maximum absolute atomic E-state index is 9.34. The maximum Gasteiger partial charge on any atom is 0.0610 e. The van der Waals surface area contributed by atoms with Crippen LogP contribution in [0, 0.1) is 5.92 Å². The van der Waals surface area contributed by atoms with Crippen LogP contribution < -0.4 is 5.32 Å². The molecule has 0 radical (unpaired) electrons. The van der Waals surface area contributed by atoms with Gasteiger partial charge in [0.05, 0.1) is 6.61 Å². The summed E-state index contributed by atoms with van der Waals surface area (Å²) in [5, 5.41) is 13.2. The Morgan fingerprint density at radius 1 is 1.44 bits per heavy atom. The first-order chi connectivity index (χ1) is 7.59. The van der Waals surface area contributed by atoms with Crippen LogP contribution >= 0.6 is 11.8 Å². The van der Waals surface area contributed by atoms with Gasteiger partial charge < -0.3 is 10.4 Å². The van der Waals surface area contributed by atoms with Crippen molar-refractivity contribution in [2.24, 2.45) is 5.92 Å². The molecule has 2 N–H and O–H groups in total. The molecule has 2 unspecified atom stereocenters. The Balaban J connectivity index is 2.21. The van der Waals surface area contributed by atoms with Crippen LogP contribution in [0.2, 0.25) is 0 Å². The van der Waals surface area contributed by atoms with E-state index >= 15 is 0 Å². The van der Waals surface area contributed by atoms with Crippen LogP contribution in [0.5, 0.6) is 0 Å². The Hall–Kier alpha value is 0.270. The first-order valence-corrected chi connectivity index (χ1v) is 7.56. The molecular weight excluding hydrogens is 218 g/mol. The minimum absolute atomic E-state index is 0.109. The fraction of sp³-hybridized carbons (Fsp3) is 1.00. The van der Waals surface area contributed by atoms with Crippen LogP contribution in [-0.4, -0.2) is 35.3 Å². The van der Waals surface area contributed by atoms with Crippen molar-refractivity contribution in [1.82, 2.24) is 5.32 Å². The van der Waals surface area contributed by atoms with E-state index in [1.807, 2.05) is 7.05 Å². The lowest BCUT2D eigenvalue weighted by Gasteiger charge is -2.30. The second kappa shape index (κ2) is 6.87. The predicted molar refractivity (Wildman–Crippen MR) is 73.0 cm³/mol. The normalized spacial score (nSPS) is 23.2. The van der Waals surface area contributed by atoms with E-state index in [0.29, 0.717) is 5.25 Å². The molecule has 3 heteroatoms. The first-order valence-electron chi connectivity index (χ1n) is 6.51. The average molecular weight is 245 g/mol. The molecule has 0 aromatic heterocycles. The van der Waals surface area contributed by atoms with Gasteiger partial charge in [-0.25, -0.2) is 0 Å². The number of hydrogen-bond acceptors (Lipinski definition) is 3. The third-order valence-electron chi connectivity index (χ3n) is 3.78. The van der Waals surface area contributed by atoms with Crippen LogP contribution in [-0.2, 0) is 0 Å². The van der Waals surface area contributed by atoms with Crippen molar-refractivity contribution in [3.05, 3.63) is 0 Å². The van der Waals surface area contributed by atoms with Gasteiger partial charge >= 0.3 is 0 Å². The number of aliphatic hydroxyl groups is 1. The molecule has 0 bridgehead atoms. The maximum atomic E-state index is 9.34. The standard InChI is InChI=1S/C13H27NOS/c1-11(8-13(2,10-15)14-3)16-9-12-6-4-5-7-12/h11-12,14-15H,4-10H2,1-3H3. The second-order valence-corrected chi connectivity index (χ2v) is 6.94. The summed E-state index contributed by atoms with van der Waals surface area (Å²) in [6.45, 7) is 4.60. The number of rotatable bonds is 7. The second-order valence-electron chi connectivity index (χ2n) is 5.47. The van der Waals surface area contributed by atoms with Gasteiger partial charge in [-0.15, -0.1) is 0 Å². The topological polar surface area (TPSA) is 32.3 Å². The summed E-state index contributed by atoms with van der Waals surface area (Å²) >= 11 is 2.08. The summed E-state index contributed by atoms with van der Waals surface area (Å²) in [6, 6.07) is 0. The fourth-order valence-corrected chi connectivity index (χ4v) is 3.84. The number of aliphatic hydroxyl groups excluding tert-OH is 1. The molecule has 0 aliphatic heterocycles. The lowest BCUT2D eigenvalue weighted by atomic mass is 9.97. The van der Waals surface area contributed by atoms with Gasteiger partial charge in [0, 0.05) is 10.8 Å². The smallest absolute Gasteiger partial charge is 0.0610 e. The van der Waals surface area contributed by atoms with Crippen LogP contribution in [0.3, 0.4) is 0 Å². The predicted octanol–water partition coefficient (Wildman–Crippen LogP) is 2.66. The van der Waals surface area contributed by atoms with Crippen LogP contribution in [0.25, 0.3) is 0 Å². The molecule has 0 saturated heterocycles. The van der Waals surface area contributed by atoms with Crippen molar-refractivity contribution in [3.8, 4) is 0 Å². The Morgan fingerprint density at radius 2 is 2.06 bits per heavy atom. The summed E-state index contributed by atoms with van der Waals surface area (Å²) in [5.41, 5.74) is -0.109. The molecule has 1 fully saturated rings. The zero-order valence-electron chi connectivity index (χ0n) is 11.0. The van der Waals surface area contributed by atoms with E-state index in [2.05, 4.69) is 30.9 Å². The Morgan fingerprint density at radius 3 is 2.56 bits per heavy atom. The SMILES string of the molecule is CNC(C)(CO)CC(C)SCC1CCCC1. The Kier molecular flexibility index (Phi) is 6.16. The van der Waals surface area contributed by atoms with Crippen LogP contribution in [0.4, 0.5) is 0 Å². The minimum atomic E-state index is -0.109. The molecule has 0 aromatic rings. The van der Waals surface area contributed by atoms with Gasteiger partial charge in [-0.3, -0.25) is 0 Å². The molecule has 0 spiro atoms. The Labute approximate surface area is 105 Å². The van der Waals surface area contributed by atoms with E-state index < -0.39 is 0 Å². The average Bonchev–Trinajstić information content (AvgIpc) is 2.79. The fourth-order valence-electron chi connectivity index (χ4n) is 2.42. The van der Waals surface area contributed by atoms with E-state index in [0.717, 1.165) is 12.3 Å². The molecule has 1 rings (SSSR count). The summed E-state index contributed by atoms with van der Waals surface area (Å²) in [4.78, 5) is 0. The molecule has 0 heterocycles. The third kappa shape index (κ3) is 4.64. The highest BCUT2D eigenvalue weighted by Gasteiger charge is 2.24. The third-order valence-corrected chi connectivity index (χ3v) is 5.18. The van der Waals surface area contributed by atoms with Crippen molar-refractivity contribution >= 4 is 11.8 Å². The molecule has 1 saturated carbocycles. The van der Waals surface area contributed by atoms with Crippen molar-refractivity contribution in [2.45, 2.75) is 56.7 Å². The van der Waals surface area contributed by atoms with Gasteiger partial charge in [-0.1, -0.05) is 19.8 Å². The molecular formula is C13H27NOS. The quantitative estimate of drug-likeness (QED) is 0.723. The van der Waals surface area contributed by atoms with E-state index in [4.69, 9.17) is 0 Å². The Bertz CT molecular complexity index is 188. The van der Waals surface area contributed by atoms with Crippen LogP contribution in [0.15, 0.2) is 0 Å². The van der Waals surface area contributed by atoms with Gasteiger partial charge in [-0.2, -0.15) is 11.8 Å². The van der Waals surface area contributed by atoms with Crippen molar-refractivity contribution in [2.75, 3.05) is 19.4 Å². The minimum Gasteiger partial charge on any atom is -0.394 e. The van der Waals surface area contributed by atoms with E-state index in [1.54, 1.807) is 0 Å². The molecule has 16 heavy (non-hydrogen) atoms. The molecule has 2 atom stereocenters. The first kappa shape index (κ1) is 14.3. The largest absolute Gasteiger partial charge is 0.394 e. The van der Waals surface area contributed by atoms with Gasteiger partial charge in [0.1, 0.15) is 0 Å². The van der Waals surface area contributed by atoms with E-state index in [9.17, 15) is 5.11 Å². The molecule has 1 aliphatic rings.